The second-order valence-corrected chi connectivity index (χ2v) is 8.40. The minimum absolute atomic E-state index is 0.523. The number of carboxylic acid groups (broad SMARTS) is 2. The molecule has 0 bridgehead atoms. The fourth-order valence-corrected chi connectivity index (χ4v) is 3.68. The molecule has 160 valence electrons. The Morgan fingerprint density at radius 1 is 1.10 bits per heavy atom. The van der Waals surface area contributed by atoms with Crippen LogP contribution in [-0.4, -0.2) is 60.4 Å². The number of halogens is 2. The molecule has 0 amide bonds. The van der Waals surface area contributed by atoms with E-state index in [9.17, 15) is 9.59 Å². The number of rotatable bonds is 7. The van der Waals surface area contributed by atoms with Crippen LogP contribution in [0.25, 0.3) is 0 Å². The highest BCUT2D eigenvalue weighted by Crippen LogP contribution is 2.36. The summed E-state index contributed by atoms with van der Waals surface area (Å²) < 4.78 is 5.97. The van der Waals surface area contributed by atoms with Crippen LogP contribution in [0.2, 0.25) is 10.0 Å². The third-order valence-electron chi connectivity index (χ3n) is 5.06. The quantitative estimate of drug-likeness (QED) is 0.614. The lowest BCUT2D eigenvalue weighted by Crippen LogP contribution is -2.39. The maximum Gasteiger partial charge on any atom is 0.328 e. The van der Waals surface area contributed by atoms with Crippen LogP contribution in [0.1, 0.15) is 30.7 Å². The zero-order valence-electron chi connectivity index (χ0n) is 16.4. The molecule has 1 heterocycles. The molecule has 2 aliphatic rings. The predicted octanol–water partition coefficient (Wildman–Crippen LogP) is 4.17. The summed E-state index contributed by atoms with van der Waals surface area (Å²) in [6, 6.07) is 6.07. The van der Waals surface area contributed by atoms with E-state index in [-0.39, 0.29) is 0 Å². The average Bonchev–Trinajstić information content (AvgIpc) is 3.48. The number of nitrogens with zero attached hydrogens (tertiary/aromatic N) is 1. The fraction of sp³-hybridized carbons (Fsp3) is 0.524. The van der Waals surface area contributed by atoms with Crippen LogP contribution < -0.4 is 0 Å². The first kappa shape index (κ1) is 23.7. The van der Waals surface area contributed by atoms with Crippen molar-refractivity contribution in [1.29, 1.82) is 0 Å². The van der Waals surface area contributed by atoms with Gasteiger partial charge in [0.2, 0.25) is 0 Å². The highest BCUT2D eigenvalue weighted by Gasteiger charge is 2.30. The summed E-state index contributed by atoms with van der Waals surface area (Å²) >= 11 is 12.2. The zero-order chi connectivity index (χ0) is 21.4. The Kier molecular flexibility index (Phi) is 9.43. The first-order valence-electron chi connectivity index (χ1n) is 9.61. The van der Waals surface area contributed by atoms with Gasteiger partial charge in [-0.25, -0.2) is 9.59 Å². The molecule has 0 unspecified atom stereocenters. The van der Waals surface area contributed by atoms with Crippen molar-refractivity contribution < 1.29 is 24.5 Å². The van der Waals surface area contributed by atoms with E-state index >= 15 is 0 Å². The minimum atomic E-state index is -1.26. The van der Waals surface area contributed by atoms with Gasteiger partial charge in [-0.1, -0.05) is 29.3 Å². The van der Waals surface area contributed by atoms with E-state index in [1.165, 1.54) is 18.4 Å². The van der Waals surface area contributed by atoms with Crippen LogP contribution in [0.4, 0.5) is 0 Å². The van der Waals surface area contributed by atoms with E-state index in [4.69, 9.17) is 38.2 Å². The number of carbonyl (C=O) groups is 2. The lowest BCUT2D eigenvalue weighted by Gasteiger charge is -2.37. The second kappa shape index (κ2) is 11.6. The normalized spacial score (nSPS) is 22.2. The third-order valence-corrected chi connectivity index (χ3v) is 5.80. The fourth-order valence-electron chi connectivity index (χ4n) is 3.38. The van der Waals surface area contributed by atoms with E-state index in [0.717, 1.165) is 38.6 Å². The van der Waals surface area contributed by atoms with Crippen molar-refractivity contribution >= 4 is 35.1 Å². The van der Waals surface area contributed by atoms with E-state index in [1.54, 1.807) is 0 Å². The van der Waals surface area contributed by atoms with Gasteiger partial charge in [0, 0.05) is 31.2 Å². The zero-order valence-corrected chi connectivity index (χ0v) is 17.9. The summed E-state index contributed by atoms with van der Waals surface area (Å²) in [4.78, 5) is 21.5. The van der Waals surface area contributed by atoms with Gasteiger partial charge in [-0.3, -0.25) is 0 Å². The molecule has 6 nitrogen and oxygen atoms in total. The molecular weight excluding hydrogens is 417 g/mol. The highest BCUT2D eigenvalue weighted by atomic mass is 35.5. The van der Waals surface area contributed by atoms with Crippen molar-refractivity contribution in [2.75, 3.05) is 33.4 Å². The van der Waals surface area contributed by atoms with Crippen molar-refractivity contribution in [2.45, 2.75) is 25.2 Å². The van der Waals surface area contributed by atoms with Gasteiger partial charge in [0.05, 0.1) is 16.7 Å². The van der Waals surface area contributed by atoms with E-state index < -0.39 is 11.9 Å². The number of carboxylic acids is 2. The molecule has 1 aromatic rings. The number of hydrogen-bond donors (Lipinski definition) is 2. The van der Waals surface area contributed by atoms with Gasteiger partial charge in [-0.15, -0.1) is 0 Å². The molecular formula is C21H27Cl2NO5. The van der Waals surface area contributed by atoms with Gasteiger partial charge >= 0.3 is 11.9 Å². The number of hydrogen-bond acceptors (Lipinski definition) is 4. The number of benzene rings is 1. The van der Waals surface area contributed by atoms with E-state index in [2.05, 4.69) is 18.0 Å². The molecule has 2 N–H and O–H groups in total. The first-order chi connectivity index (χ1) is 13.8. The molecule has 0 aromatic heterocycles. The molecule has 1 aliphatic carbocycles. The molecule has 1 aliphatic heterocycles. The van der Waals surface area contributed by atoms with Crippen LogP contribution in [0, 0.1) is 11.8 Å². The Balaban J connectivity index is 0.000000321. The summed E-state index contributed by atoms with van der Waals surface area (Å²) in [5.41, 5.74) is 1.30. The van der Waals surface area contributed by atoms with E-state index in [1.807, 2.05) is 12.1 Å². The van der Waals surface area contributed by atoms with Crippen molar-refractivity contribution in [3.8, 4) is 0 Å². The number of ether oxygens (including phenoxy) is 1. The molecule has 29 heavy (non-hydrogen) atoms. The Hall–Kier alpha value is -1.60. The van der Waals surface area contributed by atoms with Gasteiger partial charge in [0.25, 0.3) is 0 Å². The summed E-state index contributed by atoms with van der Waals surface area (Å²) in [5.74, 6) is -0.621. The van der Waals surface area contributed by atoms with Crippen LogP contribution in [0.3, 0.4) is 0 Å². The average molecular weight is 444 g/mol. The van der Waals surface area contributed by atoms with Crippen molar-refractivity contribution in [3.05, 3.63) is 46.0 Å². The summed E-state index contributed by atoms with van der Waals surface area (Å²) in [7, 11) is 2.19. The van der Waals surface area contributed by atoms with Crippen LogP contribution >= 0.6 is 23.2 Å². The lowest BCUT2D eigenvalue weighted by atomic mass is 9.81. The topological polar surface area (TPSA) is 87.1 Å². The van der Waals surface area contributed by atoms with Crippen molar-refractivity contribution in [2.24, 2.45) is 11.8 Å². The van der Waals surface area contributed by atoms with Gasteiger partial charge in [-0.05, 0) is 62.4 Å². The Bertz CT molecular complexity index is 720. The molecule has 0 spiro atoms. The monoisotopic (exact) mass is 443 g/mol. The van der Waals surface area contributed by atoms with E-state index in [0.29, 0.717) is 34.0 Å². The number of aliphatic carboxylic acids is 2. The molecule has 3 rings (SSSR count). The van der Waals surface area contributed by atoms with Crippen LogP contribution in [-0.2, 0) is 14.3 Å². The smallest absolute Gasteiger partial charge is 0.328 e. The first-order valence-corrected chi connectivity index (χ1v) is 10.4. The van der Waals surface area contributed by atoms with Crippen LogP contribution in [0.5, 0.6) is 0 Å². The Labute approximate surface area is 181 Å². The highest BCUT2D eigenvalue weighted by molar-refractivity contribution is 6.42. The molecule has 1 saturated heterocycles. The molecule has 1 aromatic carbocycles. The maximum atomic E-state index is 9.55. The van der Waals surface area contributed by atoms with Gasteiger partial charge in [-0.2, -0.15) is 0 Å². The van der Waals surface area contributed by atoms with Crippen molar-refractivity contribution in [3.63, 3.8) is 0 Å². The summed E-state index contributed by atoms with van der Waals surface area (Å²) in [6.45, 7) is 4.01. The maximum absolute atomic E-state index is 9.55. The molecule has 1 saturated carbocycles. The summed E-state index contributed by atoms with van der Waals surface area (Å²) in [5, 5.41) is 16.9. The number of piperidine rings is 1. The molecule has 2 fully saturated rings. The minimum Gasteiger partial charge on any atom is -0.478 e. The largest absolute Gasteiger partial charge is 0.478 e. The molecule has 8 heteroatoms. The Morgan fingerprint density at radius 2 is 1.76 bits per heavy atom. The van der Waals surface area contributed by atoms with Gasteiger partial charge < -0.3 is 19.8 Å². The standard InChI is InChI=1S/C17H23Cl2NO.C4H4O4/c1-20-7-6-15(13-4-5-16(18)17(19)8-13)14(9-20)11-21-10-12-2-3-12;5-3(6)1-2-4(7)8/h4-5,8,12,14-15H,2-3,6-7,9-11H2,1H3;1-2H,(H,5,6)(H,7,8)/b;2-1+/t14-,15-;/m1./s1. The lowest BCUT2D eigenvalue weighted by molar-refractivity contribution is -0.134. The van der Waals surface area contributed by atoms with Gasteiger partial charge in [0.15, 0.2) is 0 Å². The third kappa shape index (κ3) is 8.74. The second-order valence-electron chi connectivity index (χ2n) is 7.58. The number of likely N-dealkylation sites (tertiary alicyclic amines) is 1. The van der Waals surface area contributed by atoms with Crippen LogP contribution in [0.15, 0.2) is 30.4 Å². The van der Waals surface area contributed by atoms with Gasteiger partial charge in [0.1, 0.15) is 0 Å². The SMILES string of the molecule is CN1CC[C@H](c2ccc(Cl)c(Cl)c2)[C@@H](COCC2CC2)C1.O=C(O)/C=C/C(=O)O. The Morgan fingerprint density at radius 3 is 2.31 bits per heavy atom. The molecule has 0 radical (unpaired) electrons. The summed E-state index contributed by atoms with van der Waals surface area (Å²) in [6.07, 6.45) is 4.97. The molecule has 2 atom stereocenters. The predicted molar refractivity (Wildman–Crippen MR) is 113 cm³/mol. The van der Waals surface area contributed by atoms with Crippen molar-refractivity contribution in [1.82, 2.24) is 4.90 Å².